The Morgan fingerprint density at radius 2 is 2.10 bits per heavy atom. The van der Waals surface area contributed by atoms with Crippen molar-refractivity contribution < 1.29 is 0 Å². The van der Waals surface area contributed by atoms with Gasteiger partial charge in [0.2, 0.25) is 0 Å². The lowest BCUT2D eigenvalue weighted by molar-refractivity contribution is 1.04. The van der Waals surface area contributed by atoms with Crippen LogP contribution in [0.3, 0.4) is 0 Å². The van der Waals surface area contributed by atoms with Crippen LogP contribution in [0.5, 0.6) is 0 Å². The van der Waals surface area contributed by atoms with E-state index < -0.39 is 0 Å². The number of halogens is 2. The van der Waals surface area contributed by atoms with E-state index in [0.717, 1.165) is 30.8 Å². The fourth-order valence-corrected chi connectivity index (χ4v) is 3.56. The number of nitrogens with one attached hydrogen (secondary N) is 1. The van der Waals surface area contributed by atoms with Gasteiger partial charge in [-0.3, -0.25) is 4.99 Å². The maximum absolute atomic E-state index is 6.13. The Labute approximate surface area is 132 Å². The van der Waals surface area contributed by atoms with Crippen LogP contribution in [0, 0.1) is 0 Å². The van der Waals surface area contributed by atoms with Gasteiger partial charge in [0, 0.05) is 22.5 Å². The molecule has 1 aliphatic heterocycles. The van der Waals surface area contributed by atoms with Crippen molar-refractivity contribution in [2.24, 2.45) is 4.99 Å². The standard InChI is InChI=1S/C15H14Cl2N2S/c1-2-10-8-11-14(18-5-6-19-15(11)20-10)9-3-4-12(16)13(17)7-9/h3-4,7-8,19H,2,5-6H2,1H3. The summed E-state index contributed by atoms with van der Waals surface area (Å²) in [6, 6.07) is 7.92. The molecule has 0 spiro atoms. The molecule has 0 saturated carbocycles. The lowest BCUT2D eigenvalue weighted by Gasteiger charge is -2.06. The van der Waals surface area contributed by atoms with E-state index in [0.29, 0.717) is 10.0 Å². The van der Waals surface area contributed by atoms with Gasteiger partial charge < -0.3 is 5.32 Å². The number of fused-ring (bicyclic) bond motifs is 1. The molecule has 1 N–H and O–H groups in total. The predicted molar refractivity (Wildman–Crippen MR) is 89.2 cm³/mol. The summed E-state index contributed by atoms with van der Waals surface area (Å²) in [6.07, 6.45) is 1.04. The summed E-state index contributed by atoms with van der Waals surface area (Å²) in [4.78, 5) is 6.07. The number of anilines is 1. The fourth-order valence-electron chi connectivity index (χ4n) is 2.24. The van der Waals surface area contributed by atoms with E-state index in [4.69, 9.17) is 28.2 Å². The highest BCUT2D eigenvalue weighted by atomic mass is 35.5. The first-order valence-corrected chi connectivity index (χ1v) is 8.13. The number of thiophene rings is 1. The molecule has 1 aromatic heterocycles. The van der Waals surface area contributed by atoms with Crippen LogP contribution in [-0.2, 0) is 6.42 Å². The lowest BCUT2D eigenvalue weighted by Crippen LogP contribution is -2.02. The van der Waals surface area contributed by atoms with E-state index in [-0.39, 0.29) is 0 Å². The van der Waals surface area contributed by atoms with Crippen molar-refractivity contribution in [3.63, 3.8) is 0 Å². The van der Waals surface area contributed by atoms with Crippen LogP contribution in [0.25, 0.3) is 0 Å². The molecule has 2 heterocycles. The number of benzene rings is 1. The van der Waals surface area contributed by atoms with Crippen LogP contribution >= 0.6 is 34.5 Å². The van der Waals surface area contributed by atoms with Gasteiger partial charge in [0.15, 0.2) is 0 Å². The number of aliphatic imine (C=N–C) groups is 1. The fraction of sp³-hybridized carbons (Fsp3) is 0.267. The van der Waals surface area contributed by atoms with Crippen LogP contribution in [-0.4, -0.2) is 18.8 Å². The Morgan fingerprint density at radius 3 is 2.85 bits per heavy atom. The summed E-state index contributed by atoms with van der Waals surface area (Å²) in [5.41, 5.74) is 3.19. The van der Waals surface area contributed by atoms with Crippen molar-refractivity contribution in [3.05, 3.63) is 50.3 Å². The number of rotatable bonds is 2. The van der Waals surface area contributed by atoms with E-state index >= 15 is 0 Å². The molecule has 0 fully saturated rings. The SMILES string of the molecule is CCc1cc2c(s1)NCCN=C2c1ccc(Cl)c(Cl)c1. The van der Waals surface area contributed by atoms with Crippen LogP contribution in [0.15, 0.2) is 29.3 Å². The van der Waals surface area contributed by atoms with Crippen molar-refractivity contribution in [1.82, 2.24) is 0 Å². The molecule has 2 nitrogen and oxygen atoms in total. The third kappa shape index (κ3) is 2.58. The first kappa shape index (κ1) is 13.9. The Morgan fingerprint density at radius 1 is 1.25 bits per heavy atom. The highest BCUT2D eigenvalue weighted by Crippen LogP contribution is 2.33. The molecule has 0 saturated heterocycles. The Bertz CT molecular complexity index is 677. The van der Waals surface area contributed by atoms with Gasteiger partial charge in [0.25, 0.3) is 0 Å². The van der Waals surface area contributed by atoms with Gasteiger partial charge in [-0.1, -0.05) is 36.2 Å². The molecule has 3 rings (SSSR count). The monoisotopic (exact) mass is 324 g/mol. The average Bonchev–Trinajstić information content (AvgIpc) is 2.76. The van der Waals surface area contributed by atoms with Crippen LogP contribution in [0.2, 0.25) is 10.0 Å². The molecule has 5 heteroatoms. The van der Waals surface area contributed by atoms with Gasteiger partial charge in [0.05, 0.1) is 27.3 Å². The van der Waals surface area contributed by atoms with Gasteiger partial charge in [-0.25, -0.2) is 0 Å². The largest absolute Gasteiger partial charge is 0.375 e. The highest BCUT2D eigenvalue weighted by Gasteiger charge is 2.18. The molecule has 0 atom stereocenters. The predicted octanol–water partition coefficient (Wildman–Crippen LogP) is 4.88. The minimum atomic E-state index is 0.566. The van der Waals surface area contributed by atoms with Crippen molar-refractivity contribution in [2.45, 2.75) is 13.3 Å². The van der Waals surface area contributed by atoms with E-state index in [2.05, 4.69) is 18.3 Å². The molecule has 1 aliphatic rings. The number of aryl methyl sites for hydroxylation is 1. The summed E-state index contributed by atoms with van der Waals surface area (Å²) in [5.74, 6) is 0. The van der Waals surface area contributed by atoms with E-state index in [1.165, 1.54) is 15.4 Å². The molecule has 0 amide bonds. The van der Waals surface area contributed by atoms with Gasteiger partial charge >= 0.3 is 0 Å². The van der Waals surface area contributed by atoms with Crippen molar-refractivity contribution in [3.8, 4) is 0 Å². The topological polar surface area (TPSA) is 24.4 Å². The van der Waals surface area contributed by atoms with Crippen molar-refractivity contribution in [1.29, 1.82) is 0 Å². The van der Waals surface area contributed by atoms with Crippen LogP contribution < -0.4 is 5.32 Å². The smallest absolute Gasteiger partial charge is 0.0981 e. The number of hydrogen-bond donors (Lipinski definition) is 1. The summed E-state index contributed by atoms with van der Waals surface area (Å²) in [6.45, 7) is 3.79. The molecule has 0 aliphatic carbocycles. The first-order valence-electron chi connectivity index (χ1n) is 6.56. The average molecular weight is 325 g/mol. The number of nitrogens with zero attached hydrogens (tertiary/aromatic N) is 1. The third-order valence-electron chi connectivity index (χ3n) is 3.25. The normalized spacial score (nSPS) is 14.2. The molecule has 0 unspecified atom stereocenters. The molecule has 1 aromatic carbocycles. The van der Waals surface area contributed by atoms with E-state index in [1.807, 2.05) is 18.2 Å². The summed E-state index contributed by atoms with van der Waals surface area (Å²) in [7, 11) is 0. The van der Waals surface area contributed by atoms with Gasteiger partial charge in [-0.05, 0) is 24.6 Å². The zero-order valence-corrected chi connectivity index (χ0v) is 13.4. The van der Waals surface area contributed by atoms with Crippen LogP contribution in [0.4, 0.5) is 5.00 Å². The molecule has 2 aromatic rings. The lowest BCUT2D eigenvalue weighted by atomic mass is 10.0. The van der Waals surface area contributed by atoms with Gasteiger partial charge in [-0.2, -0.15) is 0 Å². The molecular formula is C15H14Cl2N2S. The minimum absolute atomic E-state index is 0.566. The van der Waals surface area contributed by atoms with Crippen molar-refractivity contribution in [2.75, 3.05) is 18.4 Å². The maximum atomic E-state index is 6.13. The molecule has 104 valence electrons. The minimum Gasteiger partial charge on any atom is -0.375 e. The highest BCUT2D eigenvalue weighted by molar-refractivity contribution is 7.16. The Hall–Kier alpha value is -1.03. The van der Waals surface area contributed by atoms with Crippen molar-refractivity contribution >= 4 is 45.3 Å². The van der Waals surface area contributed by atoms with E-state index in [1.54, 1.807) is 11.3 Å². The molecule has 0 bridgehead atoms. The summed E-state index contributed by atoms with van der Waals surface area (Å²) >= 11 is 13.9. The zero-order chi connectivity index (χ0) is 14.1. The van der Waals surface area contributed by atoms with Gasteiger partial charge in [-0.15, -0.1) is 11.3 Å². The molecular weight excluding hydrogens is 311 g/mol. The maximum Gasteiger partial charge on any atom is 0.0981 e. The second-order valence-electron chi connectivity index (χ2n) is 4.60. The Balaban J connectivity index is 2.10. The second kappa shape index (κ2) is 5.76. The first-order chi connectivity index (χ1) is 9.69. The third-order valence-corrected chi connectivity index (χ3v) is 5.22. The quantitative estimate of drug-likeness (QED) is 0.836. The zero-order valence-electron chi connectivity index (χ0n) is 11.0. The summed E-state index contributed by atoms with van der Waals surface area (Å²) < 4.78 is 0. The summed E-state index contributed by atoms with van der Waals surface area (Å²) in [5, 5.41) is 5.79. The second-order valence-corrected chi connectivity index (χ2v) is 6.55. The van der Waals surface area contributed by atoms with Gasteiger partial charge in [0.1, 0.15) is 0 Å². The molecule has 0 radical (unpaired) electrons. The number of hydrogen-bond acceptors (Lipinski definition) is 3. The van der Waals surface area contributed by atoms with E-state index in [9.17, 15) is 0 Å². The molecule has 20 heavy (non-hydrogen) atoms. The van der Waals surface area contributed by atoms with Crippen LogP contribution in [0.1, 0.15) is 22.9 Å². The Kier molecular flexibility index (Phi) is 4.01.